The number of hydrogen-bond acceptors (Lipinski definition) is 2. The van der Waals surface area contributed by atoms with Crippen molar-refractivity contribution in [1.82, 2.24) is 4.57 Å². The van der Waals surface area contributed by atoms with Crippen LogP contribution in [0.15, 0.2) is 109 Å². The van der Waals surface area contributed by atoms with Gasteiger partial charge in [0, 0.05) is 36.6 Å². The molecule has 0 atom stereocenters. The lowest BCUT2D eigenvalue weighted by atomic mass is 10.1. The summed E-state index contributed by atoms with van der Waals surface area (Å²) in [5, 5.41) is 5.30. The normalized spacial score (nSPS) is 12.8. The number of anilines is 3. The number of thiophene rings is 1. The Hall–Kier alpha value is -4.08. The van der Waals surface area contributed by atoms with Gasteiger partial charge in [-0.25, -0.2) is 0 Å². The molecule has 33 heavy (non-hydrogen) atoms. The van der Waals surface area contributed by atoms with Gasteiger partial charge >= 0.3 is 0 Å². The van der Waals surface area contributed by atoms with Crippen molar-refractivity contribution in [2.45, 2.75) is 0 Å². The number of aromatic nitrogens is 1. The Balaban J connectivity index is 1.58. The first-order chi connectivity index (χ1) is 16.4. The molecule has 0 saturated heterocycles. The Kier molecular flexibility index (Phi) is 3.31. The average Bonchev–Trinajstić information content (AvgIpc) is 3.40. The molecule has 0 spiro atoms. The predicted molar refractivity (Wildman–Crippen MR) is 142 cm³/mol. The second-order valence-corrected chi connectivity index (χ2v) is 9.72. The van der Waals surface area contributed by atoms with Gasteiger partial charge in [-0.3, -0.25) is 0 Å². The quantitative estimate of drug-likeness (QED) is 0.248. The van der Waals surface area contributed by atoms with Gasteiger partial charge in [0.25, 0.3) is 0 Å². The topological polar surface area (TPSA) is 8.17 Å². The number of fused-ring (bicyclic) bond motifs is 8. The molecule has 2 nitrogen and oxygen atoms in total. The molecule has 3 heteroatoms. The van der Waals surface area contributed by atoms with Crippen LogP contribution in [0.25, 0.3) is 47.7 Å². The molecule has 7 aromatic rings. The van der Waals surface area contributed by atoms with Gasteiger partial charge in [0.15, 0.2) is 0 Å². The Morgan fingerprint density at radius 2 is 1.21 bits per heavy atom. The van der Waals surface area contributed by atoms with Crippen LogP contribution in [-0.4, -0.2) is 4.57 Å². The van der Waals surface area contributed by atoms with Gasteiger partial charge in [-0.15, -0.1) is 11.3 Å². The molecule has 0 fully saturated rings. The summed E-state index contributed by atoms with van der Waals surface area (Å²) in [6, 6.07) is 39.7. The molecule has 1 aliphatic rings. The Morgan fingerprint density at radius 1 is 0.485 bits per heavy atom. The molecule has 0 amide bonds. The van der Waals surface area contributed by atoms with Crippen molar-refractivity contribution in [3.8, 4) is 5.69 Å². The first kappa shape index (κ1) is 17.5. The predicted octanol–water partition coefficient (Wildman–Crippen LogP) is 8.93. The lowest BCUT2D eigenvalue weighted by Crippen LogP contribution is -2.17. The monoisotopic (exact) mass is 438 g/mol. The van der Waals surface area contributed by atoms with Gasteiger partial charge in [-0.05, 0) is 48.5 Å². The van der Waals surface area contributed by atoms with E-state index in [-0.39, 0.29) is 0 Å². The van der Waals surface area contributed by atoms with Crippen LogP contribution in [0, 0.1) is 0 Å². The van der Waals surface area contributed by atoms with E-state index in [1.807, 2.05) is 11.3 Å². The van der Waals surface area contributed by atoms with Crippen LogP contribution in [0.5, 0.6) is 0 Å². The van der Waals surface area contributed by atoms with Gasteiger partial charge < -0.3 is 9.47 Å². The van der Waals surface area contributed by atoms with Gasteiger partial charge in [0.05, 0.1) is 28.1 Å². The van der Waals surface area contributed by atoms with Crippen LogP contribution in [0.1, 0.15) is 0 Å². The van der Waals surface area contributed by atoms with Gasteiger partial charge in [0.2, 0.25) is 0 Å². The second kappa shape index (κ2) is 6.25. The molecule has 5 aromatic carbocycles. The third kappa shape index (κ3) is 2.22. The molecule has 154 valence electrons. The molecule has 0 bridgehead atoms. The van der Waals surface area contributed by atoms with E-state index in [9.17, 15) is 0 Å². The van der Waals surface area contributed by atoms with E-state index in [1.54, 1.807) is 0 Å². The van der Waals surface area contributed by atoms with E-state index in [4.69, 9.17) is 0 Å². The highest BCUT2D eigenvalue weighted by Gasteiger charge is 2.28. The van der Waals surface area contributed by atoms with E-state index < -0.39 is 0 Å². The van der Waals surface area contributed by atoms with Crippen molar-refractivity contribution in [2.75, 3.05) is 4.90 Å². The summed E-state index contributed by atoms with van der Waals surface area (Å²) in [7, 11) is 0. The Bertz CT molecular complexity index is 1870. The minimum Gasteiger partial charge on any atom is -0.306 e. The van der Waals surface area contributed by atoms with Gasteiger partial charge in [0.1, 0.15) is 0 Å². The SMILES string of the molecule is c1ccc(N2c3ccccc3-n3c4cc5c(cc4c4cccc2c43)sc2ccccc25)cc1. The van der Waals surface area contributed by atoms with Crippen molar-refractivity contribution in [3.63, 3.8) is 0 Å². The minimum absolute atomic E-state index is 1.18. The second-order valence-electron chi connectivity index (χ2n) is 8.63. The zero-order valence-electron chi connectivity index (χ0n) is 17.7. The lowest BCUT2D eigenvalue weighted by Gasteiger charge is -2.33. The van der Waals surface area contributed by atoms with Crippen molar-refractivity contribution in [3.05, 3.63) is 109 Å². The maximum Gasteiger partial charge on any atom is 0.0783 e. The summed E-state index contributed by atoms with van der Waals surface area (Å²) >= 11 is 1.89. The molecule has 0 radical (unpaired) electrons. The fourth-order valence-electron chi connectivity index (χ4n) is 5.52. The van der Waals surface area contributed by atoms with Crippen LogP contribution in [0.4, 0.5) is 17.1 Å². The number of para-hydroxylation sites is 4. The molecule has 3 heterocycles. The maximum atomic E-state index is 2.47. The highest BCUT2D eigenvalue weighted by molar-refractivity contribution is 7.25. The first-order valence-electron chi connectivity index (χ1n) is 11.2. The molecular formula is C30H18N2S. The fraction of sp³-hybridized carbons (Fsp3) is 0. The van der Waals surface area contributed by atoms with E-state index in [0.717, 1.165) is 0 Å². The highest BCUT2D eigenvalue weighted by atomic mass is 32.1. The number of benzene rings is 5. The summed E-state index contributed by atoms with van der Waals surface area (Å²) in [6.45, 7) is 0. The molecule has 2 aromatic heterocycles. The standard InChI is InChI=1S/C30H18N2S/c1-2-9-19(10-3-1)31-24-13-5-6-14-25(24)32-27-17-23-20-11-4-7-16-28(20)33-29(23)18-22(27)21-12-8-15-26(31)30(21)32/h1-18H. The molecule has 8 rings (SSSR count). The molecule has 1 aliphatic heterocycles. The van der Waals surface area contributed by atoms with E-state index in [1.165, 1.54) is 64.7 Å². The Morgan fingerprint density at radius 3 is 2.12 bits per heavy atom. The zero-order chi connectivity index (χ0) is 21.5. The Labute approximate surface area is 194 Å². The molecular weight excluding hydrogens is 420 g/mol. The van der Waals surface area contributed by atoms with Gasteiger partial charge in [-0.2, -0.15) is 0 Å². The van der Waals surface area contributed by atoms with Crippen LogP contribution < -0.4 is 4.90 Å². The van der Waals surface area contributed by atoms with E-state index >= 15 is 0 Å². The van der Waals surface area contributed by atoms with E-state index in [2.05, 4.69) is 119 Å². The van der Waals surface area contributed by atoms with Crippen molar-refractivity contribution in [2.24, 2.45) is 0 Å². The van der Waals surface area contributed by atoms with Crippen molar-refractivity contribution < 1.29 is 0 Å². The van der Waals surface area contributed by atoms with Crippen LogP contribution >= 0.6 is 11.3 Å². The van der Waals surface area contributed by atoms with Crippen LogP contribution in [0.3, 0.4) is 0 Å². The molecule has 0 aliphatic carbocycles. The smallest absolute Gasteiger partial charge is 0.0783 e. The van der Waals surface area contributed by atoms with Crippen molar-refractivity contribution in [1.29, 1.82) is 0 Å². The first-order valence-corrected chi connectivity index (χ1v) is 12.0. The minimum atomic E-state index is 1.18. The number of rotatable bonds is 1. The largest absolute Gasteiger partial charge is 0.306 e. The van der Waals surface area contributed by atoms with Crippen LogP contribution in [-0.2, 0) is 0 Å². The highest BCUT2D eigenvalue weighted by Crippen LogP contribution is 2.50. The summed E-state index contributed by atoms with van der Waals surface area (Å²) < 4.78 is 5.17. The third-order valence-electron chi connectivity index (χ3n) is 6.88. The zero-order valence-corrected chi connectivity index (χ0v) is 18.5. The third-order valence-corrected chi connectivity index (χ3v) is 8.02. The summed E-state index contributed by atoms with van der Waals surface area (Å²) in [4.78, 5) is 2.40. The molecule has 0 unspecified atom stereocenters. The average molecular weight is 439 g/mol. The number of hydrogen-bond donors (Lipinski definition) is 0. The van der Waals surface area contributed by atoms with Crippen LogP contribution in [0.2, 0.25) is 0 Å². The molecule has 0 N–H and O–H groups in total. The van der Waals surface area contributed by atoms with Gasteiger partial charge in [-0.1, -0.05) is 60.7 Å². The molecule has 0 saturated carbocycles. The van der Waals surface area contributed by atoms with E-state index in [0.29, 0.717) is 0 Å². The summed E-state index contributed by atoms with van der Waals surface area (Å²) in [6.07, 6.45) is 0. The summed E-state index contributed by atoms with van der Waals surface area (Å²) in [5.74, 6) is 0. The fourth-order valence-corrected chi connectivity index (χ4v) is 6.65. The van der Waals surface area contributed by atoms with Crippen molar-refractivity contribution >= 4 is 70.4 Å². The summed E-state index contributed by atoms with van der Waals surface area (Å²) in [5.41, 5.74) is 7.38. The number of nitrogens with zero attached hydrogens (tertiary/aromatic N) is 2. The lowest BCUT2D eigenvalue weighted by molar-refractivity contribution is 1.11. The maximum absolute atomic E-state index is 2.47.